The number of nitrogens with one attached hydrogen (secondary N) is 1. The van der Waals surface area contributed by atoms with Crippen LogP contribution in [0.15, 0.2) is 54.6 Å². The zero-order valence-electron chi connectivity index (χ0n) is 18.5. The predicted molar refractivity (Wildman–Crippen MR) is 133 cm³/mol. The third-order valence-corrected chi connectivity index (χ3v) is 5.88. The maximum absolute atomic E-state index is 12.6. The van der Waals surface area contributed by atoms with Crippen LogP contribution in [0.3, 0.4) is 0 Å². The van der Waals surface area contributed by atoms with E-state index in [1.807, 2.05) is 18.2 Å². The van der Waals surface area contributed by atoms with Crippen LogP contribution in [-0.2, 0) is 9.59 Å². The molecule has 0 bridgehead atoms. The van der Waals surface area contributed by atoms with E-state index in [0.717, 1.165) is 11.4 Å². The molecule has 2 heterocycles. The van der Waals surface area contributed by atoms with Gasteiger partial charge in [-0.25, -0.2) is 0 Å². The van der Waals surface area contributed by atoms with Crippen molar-refractivity contribution in [3.63, 3.8) is 0 Å². The van der Waals surface area contributed by atoms with Crippen LogP contribution in [0.4, 0.5) is 11.5 Å². The van der Waals surface area contributed by atoms with Crippen molar-refractivity contribution in [1.29, 1.82) is 0 Å². The van der Waals surface area contributed by atoms with Crippen LogP contribution in [0.1, 0.15) is 6.92 Å². The van der Waals surface area contributed by atoms with E-state index in [-0.39, 0.29) is 18.4 Å². The van der Waals surface area contributed by atoms with Crippen LogP contribution >= 0.6 is 23.2 Å². The van der Waals surface area contributed by atoms with Gasteiger partial charge < -0.3 is 19.9 Å². The molecule has 0 atom stereocenters. The second-order valence-corrected chi connectivity index (χ2v) is 8.61. The summed E-state index contributed by atoms with van der Waals surface area (Å²) in [4.78, 5) is 27.6. The number of carbonyl (C=O) groups excluding carboxylic acids is 2. The lowest BCUT2D eigenvalue weighted by Crippen LogP contribution is -2.50. The summed E-state index contributed by atoms with van der Waals surface area (Å²) in [5.74, 6) is 1.00. The Balaban J connectivity index is 1.29. The Kier molecular flexibility index (Phi) is 7.49. The van der Waals surface area contributed by atoms with Gasteiger partial charge in [0, 0.05) is 55.4 Å². The maximum atomic E-state index is 12.6. The van der Waals surface area contributed by atoms with Crippen LogP contribution in [0.5, 0.6) is 5.75 Å². The smallest absolute Gasteiger partial charge is 0.260 e. The normalized spacial score (nSPS) is 13.5. The van der Waals surface area contributed by atoms with Crippen LogP contribution in [0.25, 0.3) is 11.3 Å². The minimum absolute atomic E-state index is 0.0696. The fourth-order valence-corrected chi connectivity index (χ4v) is 4.13. The van der Waals surface area contributed by atoms with E-state index < -0.39 is 0 Å². The van der Waals surface area contributed by atoms with Gasteiger partial charge in [0.1, 0.15) is 5.75 Å². The summed E-state index contributed by atoms with van der Waals surface area (Å²) in [5.41, 5.74) is 2.05. The van der Waals surface area contributed by atoms with Gasteiger partial charge in [-0.15, -0.1) is 10.2 Å². The standard InChI is InChI=1S/C24H23Cl2N5O3/c1-16(32)27-18-3-2-4-19(14-18)34-15-24(33)31-11-9-30(10-12-31)23-8-7-22(28-29-23)20-6-5-17(25)13-21(20)26/h2-8,13-14H,9-12,15H2,1H3,(H,27,32). The molecule has 2 aromatic carbocycles. The van der Waals surface area contributed by atoms with Gasteiger partial charge in [0.2, 0.25) is 5.91 Å². The maximum Gasteiger partial charge on any atom is 0.260 e. The van der Waals surface area contributed by atoms with Crippen molar-refractivity contribution >= 4 is 46.5 Å². The Morgan fingerprint density at radius 3 is 2.47 bits per heavy atom. The minimum Gasteiger partial charge on any atom is -0.484 e. The summed E-state index contributed by atoms with van der Waals surface area (Å²) in [6, 6.07) is 16.0. The molecular formula is C24H23Cl2N5O3. The van der Waals surface area contributed by atoms with E-state index in [9.17, 15) is 9.59 Å². The Hall–Kier alpha value is -3.36. The molecule has 1 N–H and O–H groups in total. The highest BCUT2D eigenvalue weighted by Gasteiger charge is 2.22. The molecule has 0 aliphatic carbocycles. The molecule has 4 rings (SSSR count). The van der Waals surface area contributed by atoms with Crippen LogP contribution in [-0.4, -0.2) is 59.7 Å². The zero-order chi connectivity index (χ0) is 24.1. The molecule has 176 valence electrons. The largest absolute Gasteiger partial charge is 0.484 e. The molecular weight excluding hydrogens is 477 g/mol. The summed E-state index contributed by atoms with van der Waals surface area (Å²) < 4.78 is 5.63. The summed E-state index contributed by atoms with van der Waals surface area (Å²) in [5, 5.41) is 12.4. The molecule has 0 radical (unpaired) electrons. The van der Waals surface area contributed by atoms with Crippen molar-refractivity contribution in [3.8, 4) is 17.0 Å². The molecule has 0 spiro atoms. The van der Waals surface area contributed by atoms with Crippen molar-refractivity contribution in [2.24, 2.45) is 0 Å². The average molecular weight is 500 g/mol. The first-order valence-corrected chi connectivity index (χ1v) is 11.5. The predicted octanol–water partition coefficient (Wildman–Crippen LogP) is 4.14. The Morgan fingerprint density at radius 2 is 1.79 bits per heavy atom. The van der Waals surface area contributed by atoms with Crippen LogP contribution in [0, 0.1) is 0 Å². The average Bonchev–Trinajstić information content (AvgIpc) is 2.83. The number of halogens is 2. The number of hydrogen-bond acceptors (Lipinski definition) is 6. The van der Waals surface area contributed by atoms with Crippen molar-refractivity contribution < 1.29 is 14.3 Å². The number of aromatic nitrogens is 2. The molecule has 0 saturated carbocycles. The lowest BCUT2D eigenvalue weighted by molar-refractivity contribution is -0.133. The van der Waals surface area contributed by atoms with Gasteiger partial charge in [0.25, 0.3) is 5.91 Å². The first kappa shape index (κ1) is 23.8. The number of benzene rings is 2. The number of hydrogen-bond donors (Lipinski definition) is 1. The van der Waals surface area contributed by atoms with Crippen LogP contribution in [0.2, 0.25) is 10.0 Å². The first-order chi connectivity index (χ1) is 16.4. The van der Waals surface area contributed by atoms with E-state index >= 15 is 0 Å². The van der Waals surface area contributed by atoms with Gasteiger partial charge in [-0.1, -0.05) is 29.3 Å². The molecule has 1 aromatic heterocycles. The van der Waals surface area contributed by atoms with Gasteiger partial charge in [-0.2, -0.15) is 0 Å². The second-order valence-electron chi connectivity index (χ2n) is 7.77. The molecule has 1 saturated heterocycles. The topological polar surface area (TPSA) is 87.7 Å². The van der Waals surface area contributed by atoms with E-state index in [1.54, 1.807) is 41.3 Å². The van der Waals surface area contributed by atoms with E-state index in [1.165, 1.54) is 6.92 Å². The quantitative estimate of drug-likeness (QED) is 0.548. The highest BCUT2D eigenvalue weighted by atomic mass is 35.5. The third kappa shape index (κ3) is 5.95. The van der Waals surface area contributed by atoms with E-state index in [2.05, 4.69) is 20.4 Å². The fraction of sp³-hybridized carbons (Fsp3) is 0.250. The Morgan fingerprint density at radius 1 is 1.00 bits per heavy atom. The number of carbonyl (C=O) groups is 2. The monoisotopic (exact) mass is 499 g/mol. The number of piperazine rings is 1. The molecule has 34 heavy (non-hydrogen) atoms. The third-order valence-electron chi connectivity index (χ3n) is 5.33. The van der Waals surface area contributed by atoms with Gasteiger partial charge in [0.15, 0.2) is 12.4 Å². The summed E-state index contributed by atoms with van der Waals surface area (Å²) in [7, 11) is 0. The number of amides is 2. The zero-order valence-corrected chi connectivity index (χ0v) is 20.0. The van der Waals surface area contributed by atoms with Crippen molar-refractivity contribution in [3.05, 3.63) is 64.6 Å². The fourth-order valence-electron chi connectivity index (χ4n) is 3.62. The highest BCUT2D eigenvalue weighted by molar-refractivity contribution is 6.36. The second kappa shape index (κ2) is 10.7. The summed E-state index contributed by atoms with van der Waals surface area (Å²) in [6.45, 7) is 3.76. The van der Waals surface area contributed by atoms with Crippen molar-refractivity contribution in [1.82, 2.24) is 15.1 Å². The highest BCUT2D eigenvalue weighted by Crippen LogP contribution is 2.29. The summed E-state index contributed by atoms with van der Waals surface area (Å²) >= 11 is 12.2. The lowest BCUT2D eigenvalue weighted by atomic mass is 10.1. The van der Waals surface area contributed by atoms with Crippen LogP contribution < -0.4 is 15.0 Å². The number of nitrogens with zero attached hydrogens (tertiary/aromatic N) is 4. The van der Waals surface area contributed by atoms with Crippen molar-refractivity contribution in [2.75, 3.05) is 43.0 Å². The number of anilines is 2. The molecule has 3 aromatic rings. The molecule has 8 nitrogen and oxygen atoms in total. The molecule has 1 fully saturated rings. The van der Waals surface area contributed by atoms with Gasteiger partial charge in [-0.3, -0.25) is 9.59 Å². The molecule has 1 aliphatic heterocycles. The summed E-state index contributed by atoms with van der Waals surface area (Å²) in [6.07, 6.45) is 0. The van der Waals surface area contributed by atoms with Gasteiger partial charge in [-0.05, 0) is 42.5 Å². The number of ether oxygens (including phenoxy) is 1. The molecule has 1 aliphatic rings. The Bertz CT molecular complexity index is 1180. The molecule has 0 unspecified atom stereocenters. The Labute approximate surface area is 207 Å². The number of rotatable bonds is 6. The lowest BCUT2D eigenvalue weighted by Gasteiger charge is -2.35. The van der Waals surface area contributed by atoms with E-state index in [0.29, 0.717) is 53.4 Å². The molecule has 2 amide bonds. The minimum atomic E-state index is -0.167. The van der Waals surface area contributed by atoms with Gasteiger partial charge in [0.05, 0.1) is 10.7 Å². The van der Waals surface area contributed by atoms with Gasteiger partial charge >= 0.3 is 0 Å². The molecule has 10 heteroatoms. The first-order valence-electron chi connectivity index (χ1n) is 10.7. The van der Waals surface area contributed by atoms with E-state index in [4.69, 9.17) is 27.9 Å². The SMILES string of the molecule is CC(=O)Nc1cccc(OCC(=O)N2CCN(c3ccc(-c4ccc(Cl)cc4Cl)nn3)CC2)c1. The van der Waals surface area contributed by atoms with Crippen molar-refractivity contribution in [2.45, 2.75) is 6.92 Å².